The second kappa shape index (κ2) is 16.0. The Bertz CT molecular complexity index is 698. The standard InChI is InChI=1S/C26H38F6O2/c1-2-3-4-5-6-7-8-9-10-11-12-13-14-15-16-19-34-24(33)22-20-21(25(27,28)29)17-18-23(22)26(30,31)32/h17-18,20H,2-16,19H2,1H3. The molecule has 0 saturated carbocycles. The van der Waals surface area contributed by atoms with Gasteiger partial charge in [-0.15, -0.1) is 0 Å². The second-order valence-corrected chi connectivity index (χ2v) is 8.84. The van der Waals surface area contributed by atoms with Crippen LogP contribution in [0.15, 0.2) is 18.2 Å². The van der Waals surface area contributed by atoms with Crippen LogP contribution in [0.2, 0.25) is 0 Å². The Kier molecular flexibility index (Phi) is 14.3. The van der Waals surface area contributed by atoms with Gasteiger partial charge in [-0.2, -0.15) is 26.3 Å². The zero-order chi connectivity index (χ0) is 25.5. The van der Waals surface area contributed by atoms with Crippen molar-refractivity contribution in [2.24, 2.45) is 0 Å². The summed E-state index contributed by atoms with van der Waals surface area (Å²) < 4.78 is 82.6. The average molecular weight is 497 g/mol. The molecule has 1 aromatic rings. The summed E-state index contributed by atoms with van der Waals surface area (Å²) in [5.74, 6) is -1.39. The highest BCUT2D eigenvalue weighted by molar-refractivity contribution is 5.91. The van der Waals surface area contributed by atoms with Gasteiger partial charge >= 0.3 is 18.3 Å². The van der Waals surface area contributed by atoms with E-state index in [1.54, 1.807) is 0 Å². The Morgan fingerprint density at radius 3 is 1.53 bits per heavy atom. The highest BCUT2D eigenvalue weighted by Gasteiger charge is 2.39. The molecule has 0 N–H and O–H groups in total. The minimum absolute atomic E-state index is 0.120. The topological polar surface area (TPSA) is 26.3 Å². The zero-order valence-electron chi connectivity index (χ0n) is 20.1. The summed E-state index contributed by atoms with van der Waals surface area (Å²) in [4.78, 5) is 12.0. The molecule has 1 aromatic carbocycles. The Morgan fingerprint density at radius 1 is 0.676 bits per heavy atom. The number of benzene rings is 1. The monoisotopic (exact) mass is 496 g/mol. The van der Waals surface area contributed by atoms with E-state index in [0.29, 0.717) is 12.5 Å². The number of unbranched alkanes of at least 4 members (excludes halogenated alkanes) is 14. The van der Waals surface area contributed by atoms with Crippen molar-refractivity contribution >= 4 is 5.97 Å². The lowest BCUT2D eigenvalue weighted by Crippen LogP contribution is -2.17. The van der Waals surface area contributed by atoms with Crippen molar-refractivity contribution in [1.82, 2.24) is 0 Å². The van der Waals surface area contributed by atoms with Crippen LogP contribution < -0.4 is 0 Å². The molecule has 196 valence electrons. The van der Waals surface area contributed by atoms with Crippen molar-refractivity contribution in [3.8, 4) is 0 Å². The van der Waals surface area contributed by atoms with Crippen molar-refractivity contribution < 1.29 is 35.9 Å². The van der Waals surface area contributed by atoms with Crippen molar-refractivity contribution in [1.29, 1.82) is 0 Å². The predicted octanol–water partition coefficient (Wildman–Crippen LogP) is 9.75. The minimum atomic E-state index is -4.95. The first-order valence-corrected chi connectivity index (χ1v) is 12.5. The predicted molar refractivity (Wildman–Crippen MR) is 122 cm³/mol. The molecule has 34 heavy (non-hydrogen) atoms. The molecule has 0 atom stereocenters. The highest BCUT2D eigenvalue weighted by atomic mass is 19.4. The van der Waals surface area contributed by atoms with Gasteiger partial charge in [0.15, 0.2) is 0 Å². The molecule has 1 rings (SSSR count). The lowest BCUT2D eigenvalue weighted by Gasteiger charge is -2.15. The molecule has 0 bridgehead atoms. The number of carbonyl (C=O) groups is 1. The minimum Gasteiger partial charge on any atom is -0.462 e. The first-order chi connectivity index (χ1) is 16.1. The van der Waals surface area contributed by atoms with Crippen LogP contribution in [0.25, 0.3) is 0 Å². The van der Waals surface area contributed by atoms with Gasteiger partial charge in [-0.1, -0.05) is 96.8 Å². The van der Waals surface area contributed by atoms with Gasteiger partial charge in [0.25, 0.3) is 0 Å². The van der Waals surface area contributed by atoms with E-state index >= 15 is 0 Å². The van der Waals surface area contributed by atoms with E-state index in [9.17, 15) is 31.1 Å². The van der Waals surface area contributed by atoms with E-state index in [-0.39, 0.29) is 18.7 Å². The normalized spacial score (nSPS) is 12.2. The maximum absolute atomic E-state index is 13.1. The van der Waals surface area contributed by atoms with Crippen molar-refractivity contribution in [2.75, 3.05) is 6.61 Å². The molecule has 0 aromatic heterocycles. The molecule has 0 spiro atoms. The largest absolute Gasteiger partial charge is 0.462 e. The van der Waals surface area contributed by atoms with Gasteiger partial charge in [-0.05, 0) is 24.6 Å². The lowest BCUT2D eigenvalue weighted by atomic mass is 10.0. The molecule has 0 aliphatic rings. The van der Waals surface area contributed by atoms with Crippen LogP contribution in [-0.4, -0.2) is 12.6 Å². The summed E-state index contributed by atoms with van der Waals surface area (Å²) in [6.45, 7) is 2.10. The smallest absolute Gasteiger partial charge is 0.417 e. The van der Waals surface area contributed by atoms with Crippen LogP contribution in [0.1, 0.15) is 125 Å². The third kappa shape index (κ3) is 12.7. The molecular formula is C26H38F6O2. The Hall–Kier alpha value is -1.73. The molecule has 0 fully saturated rings. The summed E-state index contributed by atoms with van der Waals surface area (Å²) in [5.41, 5.74) is -3.86. The summed E-state index contributed by atoms with van der Waals surface area (Å²) in [7, 11) is 0. The maximum atomic E-state index is 13.1. The summed E-state index contributed by atoms with van der Waals surface area (Å²) in [6.07, 6.45) is 7.38. The van der Waals surface area contributed by atoms with Gasteiger partial charge < -0.3 is 4.74 Å². The van der Waals surface area contributed by atoms with E-state index in [1.807, 2.05) is 0 Å². The molecule has 0 amide bonds. The highest BCUT2D eigenvalue weighted by Crippen LogP contribution is 2.36. The van der Waals surface area contributed by atoms with Crippen molar-refractivity contribution in [3.05, 3.63) is 34.9 Å². The summed E-state index contributed by atoms with van der Waals surface area (Å²) in [5, 5.41) is 0. The quantitative estimate of drug-likeness (QED) is 0.122. The van der Waals surface area contributed by atoms with E-state index in [2.05, 4.69) is 6.92 Å². The first-order valence-electron chi connectivity index (χ1n) is 12.5. The van der Waals surface area contributed by atoms with Gasteiger partial charge in [-0.25, -0.2) is 4.79 Å². The Labute approximate surface area is 199 Å². The van der Waals surface area contributed by atoms with Crippen LogP contribution in [0.3, 0.4) is 0 Å². The van der Waals surface area contributed by atoms with E-state index < -0.39 is 35.0 Å². The van der Waals surface area contributed by atoms with Gasteiger partial charge in [-0.3, -0.25) is 0 Å². The van der Waals surface area contributed by atoms with Crippen molar-refractivity contribution in [3.63, 3.8) is 0 Å². The first kappa shape index (κ1) is 30.3. The number of halogens is 6. The fourth-order valence-corrected chi connectivity index (χ4v) is 3.85. The van der Waals surface area contributed by atoms with E-state index in [4.69, 9.17) is 4.74 Å². The molecular weight excluding hydrogens is 458 g/mol. The van der Waals surface area contributed by atoms with Crippen LogP contribution in [0.4, 0.5) is 26.3 Å². The summed E-state index contributed by atoms with van der Waals surface area (Å²) >= 11 is 0. The average Bonchev–Trinajstić information content (AvgIpc) is 2.77. The van der Waals surface area contributed by atoms with Crippen molar-refractivity contribution in [2.45, 2.75) is 116 Å². The SMILES string of the molecule is CCCCCCCCCCCCCCCCCOC(=O)c1cc(C(F)(F)F)ccc1C(F)(F)F. The second-order valence-electron chi connectivity index (χ2n) is 8.84. The van der Waals surface area contributed by atoms with Gasteiger partial charge in [0.1, 0.15) is 0 Å². The third-order valence-corrected chi connectivity index (χ3v) is 5.85. The van der Waals surface area contributed by atoms with Crippen LogP contribution >= 0.6 is 0 Å². The van der Waals surface area contributed by atoms with Gasteiger partial charge in [0.2, 0.25) is 0 Å². The van der Waals surface area contributed by atoms with E-state index in [1.165, 1.54) is 64.2 Å². The molecule has 0 aliphatic heterocycles. The van der Waals surface area contributed by atoms with Crippen LogP contribution in [-0.2, 0) is 17.1 Å². The number of carbonyl (C=O) groups excluding carboxylic acids is 1. The number of rotatable bonds is 17. The Balaban J connectivity index is 2.19. The fourth-order valence-electron chi connectivity index (χ4n) is 3.85. The van der Waals surface area contributed by atoms with Gasteiger partial charge in [0, 0.05) is 0 Å². The number of hydrogen-bond donors (Lipinski definition) is 0. The zero-order valence-corrected chi connectivity index (χ0v) is 20.1. The molecule has 0 aliphatic carbocycles. The molecule has 0 unspecified atom stereocenters. The molecule has 0 heterocycles. The molecule has 0 radical (unpaired) electrons. The summed E-state index contributed by atoms with van der Waals surface area (Å²) in [6, 6.07) is 0.791. The fraction of sp³-hybridized carbons (Fsp3) is 0.731. The number of alkyl halides is 6. The molecule has 2 nitrogen and oxygen atoms in total. The number of ether oxygens (including phenoxy) is 1. The maximum Gasteiger partial charge on any atom is 0.417 e. The van der Waals surface area contributed by atoms with Crippen LogP contribution in [0.5, 0.6) is 0 Å². The van der Waals surface area contributed by atoms with Crippen LogP contribution in [0, 0.1) is 0 Å². The number of esters is 1. The lowest BCUT2D eigenvalue weighted by molar-refractivity contribution is -0.141. The molecule has 8 heteroatoms. The van der Waals surface area contributed by atoms with E-state index in [0.717, 1.165) is 25.7 Å². The third-order valence-electron chi connectivity index (χ3n) is 5.85. The Morgan fingerprint density at radius 2 is 1.12 bits per heavy atom. The van der Waals surface area contributed by atoms with Gasteiger partial charge in [0.05, 0.1) is 23.3 Å². The molecule has 0 saturated heterocycles. The number of hydrogen-bond acceptors (Lipinski definition) is 2.